The standard InChI is InChI=1S/C18H15F4N5O/c1-2-26-9-11(8-23-26)3-4-16(28)24-15-5-6-27(25-15)10-12-17(21)13(19)7-14(20)18(12)22/h3-9H,2,10H2,1H3,(H,24,25,28). The number of anilines is 1. The van der Waals surface area contributed by atoms with Gasteiger partial charge in [0.15, 0.2) is 29.1 Å². The number of amides is 1. The van der Waals surface area contributed by atoms with E-state index in [0.29, 0.717) is 6.54 Å². The van der Waals surface area contributed by atoms with E-state index in [4.69, 9.17) is 0 Å². The fourth-order valence-corrected chi connectivity index (χ4v) is 2.42. The molecule has 0 spiro atoms. The number of rotatable bonds is 6. The van der Waals surface area contributed by atoms with Crippen LogP contribution in [-0.4, -0.2) is 25.5 Å². The van der Waals surface area contributed by atoms with Crippen molar-refractivity contribution < 1.29 is 22.4 Å². The molecule has 0 aliphatic heterocycles. The van der Waals surface area contributed by atoms with Gasteiger partial charge < -0.3 is 5.32 Å². The Bertz CT molecular complexity index is 1010. The van der Waals surface area contributed by atoms with E-state index in [2.05, 4.69) is 15.5 Å². The topological polar surface area (TPSA) is 64.7 Å². The highest BCUT2D eigenvalue weighted by atomic mass is 19.2. The fraction of sp³-hybridized carbons (Fsp3) is 0.167. The molecule has 28 heavy (non-hydrogen) atoms. The van der Waals surface area contributed by atoms with Gasteiger partial charge in [-0.2, -0.15) is 10.2 Å². The highest BCUT2D eigenvalue weighted by Crippen LogP contribution is 2.20. The summed E-state index contributed by atoms with van der Waals surface area (Å²) in [5.41, 5.74) is -0.0621. The van der Waals surface area contributed by atoms with Crippen LogP contribution in [-0.2, 0) is 17.9 Å². The van der Waals surface area contributed by atoms with Crippen LogP contribution in [0.25, 0.3) is 6.08 Å². The van der Waals surface area contributed by atoms with Gasteiger partial charge in [-0.1, -0.05) is 0 Å². The zero-order valence-corrected chi connectivity index (χ0v) is 14.7. The lowest BCUT2D eigenvalue weighted by molar-refractivity contribution is -0.111. The van der Waals surface area contributed by atoms with Gasteiger partial charge in [-0.05, 0) is 13.0 Å². The Morgan fingerprint density at radius 1 is 1.18 bits per heavy atom. The van der Waals surface area contributed by atoms with Gasteiger partial charge in [0.2, 0.25) is 5.91 Å². The summed E-state index contributed by atoms with van der Waals surface area (Å²) in [5, 5.41) is 10.5. The molecule has 1 amide bonds. The number of hydrogen-bond donors (Lipinski definition) is 1. The number of aromatic nitrogens is 4. The van der Waals surface area contributed by atoms with E-state index in [0.717, 1.165) is 10.2 Å². The number of carbonyl (C=O) groups is 1. The van der Waals surface area contributed by atoms with Gasteiger partial charge in [0.25, 0.3) is 0 Å². The van der Waals surface area contributed by atoms with E-state index in [1.807, 2.05) is 6.92 Å². The highest BCUT2D eigenvalue weighted by molar-refractivity contribution is 6.01. The molecule has 146 valence electrons. The molecule has 2 aromatic heterocycles. The second-order valence-corrected chi connectivity index (χ2v) is 5.80. The van der Waals surface area contributed by atoms with Crippen LogP contribution in [0.3, 0.4) is 0 Å². The molecule has 1 aromatic carbocycles. The van der Waals surface area contributed by atoms with E-state index in [1.54, 1.807) is 23.2 Å². The molecule has 10 heteroatoms. The third-order valence-corrected chi connectivity index (χ3v) is 3.82. The number of aryl methyl sites for hydroxylation is 1. The fourth-order valence-electron chi connectivity index (χ4n) is 2.42. The molecule has 6 nitrogen and oxygen atoms in total. The minimum Gasteiger partial charge on any atom is -0.306 e. The third kappa shape index (κ3) is 4.27. The summed E-state index contributed by atoms with van der Waals surface area (Å²) in [6, 6.07) is 1.52. The number of halogens is 4. The Kier molecular flexibility index (Phi) is 5.57. The van der Waals surface area contributed by atoms with Crippen LogP contribution in [0, 0.1) is 23.3 Å². The summed E-state index contributed by atoms with van der Waals surface area (Å²) in [6.07, 6.45) is 7.51. The highest BCUT2D eigenvalue weighted by Gasteiger charge is 2.19. The first kappa shape index (κ1) is 19.3. The average molecular weight is 393 g/mol. The molecule has 3 aromatic rings. The van der Waals surface area contributed by atoms with Crippen molar-refractivity contribution in [2.24, 2.45) is 0 Å². The summed E-state index contributed by atoms with van der Waals surface area (Å²) < 4.78 is 56.7. The lowest BCUT2D eigenvalue weighted by Gasteiger charge is -2.07. The summed E-state index contributed by atoms with van der Waals surface area (Å²) in [6.45, 7) is 2.08. The first-order chi connectivity index (χ1) is 13.4. The van der Waals surface area contributed by atoms with E-state index in [1.165, 1.54) is 18.3 Å². The molecular weight excluding hydrogens is 378 g/mol. The van der Waals surface area contributed by atoms with Gasteiger partial charge in [-0.3, -0.25) is 14.2 Å². The first-order valence-corrected chi connectivity index (χ1v) is 8.24. The van der Waals surface area contributed by atoms with Crippen molar-refractivity contribution in [1.82, 2.24) is 19.6 Å². The van der Waals surface area contributed by atoms with E-state index < -0.39 is 41.3 Å². The molecule has 0 bridgehead atoms. The first-order valence-electron chi connectivity index (χ1n) is 8.24. The van der Waals surface area contributed by atoms with Crippen molar-refractivity contribution in [3.63, 3.8) is 0 Å². The van der Waals surface area contributed by atoms with E-state index in [9.17, 15) is 22.4 Å². The van der Waals surface area contributed by atoms with Crippen LogP contribution in [0.5, 0.6) is 0 Å². The average Bonchev–Trinajstić information content (AvgIpc) is 3.31. The smallest absolute Gasteiger partial charge is 0.249 e. The molecule has 0 aliphatic carbocycles. The summed E-state index contributed by atoms with van der Waals surface area (Å²) in [5.74, 6) is -6.34. The Hall–Kier alpha value is -3.43. The lowest BCUT2D eigenvalue weighted by Crippen LogP contribution is -2.11. The Morgan fingerprint density at radius 2 is 1.89 bits per heavy atom. The SMILES string of the molecule is CCn1cc(C=CC(=O)Nc2ccn(Cc3c(F)c(F)cc(F)c3F)n2)cn1. The molecule has 0 saturated carbocycles. The van der Waals surface area contributed by atoms with Crippen molar-refractivity contribution >= 4 is 17.8 Å². The minimum absolute atomic E-state index is 0.108. The van der Waals surface area contributed by atoms with Gasteiger partial charge in [0, 0.05) is 42.7 Å². The summed E-state index contributed by atoms with van der Waals surface area (Å²) in [7, 11) is 0. The molecule has 0 aliphatic rings. The zero-order valence-electron chi connectivity index (χ0n) is 14.7. The largest absolute Gasteiger partial charge is 0.306 e. The van der Waals surface area contributed by atoms with Crippen LogP contribution >= 0.6 is 0 Å². The lowest BCUT2D eigenvalue weighted by atomic mass is 10.2. The summed E-state index contributed by atoms with van der Waals surface area (Å²) in [4.78, 5) is 11.9. The number of carbonyl (C=O) groups excluding carboxylic acids is 1. The predicted octanol–water partition coefficient (Wildman–Crippen LogP) is 3.36. The van der Waals surface area contributed by atoms with Crippen LogP contribution in [0.4, 0.5) is 23.4 Å². The normalized spacial score (nSPS) is 11.3. The van der Waals surface area contributed by atoms with Crippen molar-refractivity contribution in [2.45, 2.75) is 20.0 Å². The Balaban J connectivity index is 1.67. The van der Waals surface area contributed by atoms with Gasteiger partial charge >= 0.3 is 0 Å². The number of nitrogens with zero attached hydrogens (tertiary/aromatic N) is 4. The molecular formula is C18H15F4N5O. The molecule has 3 rings (SSSR count). The van der Waals surface area contributed by atoms with Crippen molar-refractivity contribution in [3.8, 4) is 0 Å². The molecule has 0 atom stereocenters. The predicted molar refractivity (Wildman–Crippen MR) is 93.2 cm³/mol. The quantitative estimate of drug-likeness (QED) is 0.397. The van der Waals surface area contributed by atoms with Crippen molar-refractivity contribution in [1.29, 1.82) is 0 Å². The van der Waals surface area contributed by atoms with Crippen LogP contribution in [0.1, 0.15) is 18.1 Å². The molecule has 0 unspecified atom stereocenters. The van der Waals surface area contributed by atoms with E-state index in [-0.39, 0.29) is 11.9 Å². The van der Waals surface area contributed by atoms with Crippen molar-refractivity contribution in [3.05, 3.63) is 71.2 Å². The number of nitrogens with one attached hydrogen (secondary N) is 1. The monoisotopic (exact) mass is 393 g/mol. The van der Waals surface area contributed by atoms with Crippen LogP contribution in [0.2, 0.25) is 0 Å². The maximum atomic E-state index is 13.7. The molecule has 2 heterocycles. The Labute approximate surface area is 157 Å². The molecule has 0 fully saturated rings. The number of hydrogen-bond acceptors (Lipinski definition) is 3. The van der Waals surface area contributed by atoms with Gasteiger partial charge in [0.05, 0.1) is 18.3 Å². The second-order valence-electron chi connectivity index (χ2n) is 5.80. The maximum Gasteiger partial charge on any atom is 0.249 e. The van der Waals surface area contributed by atoms with E-state index >= 15 is 0 Å². The molecule has 1 N–H and O–H groups in total. The molecule has 0 saturated heterocycles. The van der Waals surface area contributed by atoms with Gasteiger partial charge in [-0.15, -0.1) is 0 Å². The van der Waals surface area contributed by atoms with Gasteiger partial charge in [-0.25, -0.2) is 17.6 Å². The third-order valence-electron chi connectivity index (χ3n) is 3.82. The number of benzene rings is 1. The van der Waals surface area contributed by atoms with Gasteiger partial charge in [0.1, 0.15) is 0 Å². The Morgan fingerprint density at radius 3 is 2.54 bits per heavy atom. The van der Waals surface area contributed by atoms with Crippen molar-refractivity contribution in [2.75, 3.05) is 5.32 Å². The second kappa shape index (κ2) is 8.07. The van der Waals surface area contributed by atoms with Crippen LogP contribution in [0.15, 0.2) is 36.8 Å². The molecule has 0 radical (unpaired) electrons. The van der Waals surface area contributed by atoms with Crippen LogP contribution < -0.4 is 5.32 Å². The maximum absolute atomic E-state index is 13.7. The minimum atomic E-state index is -1.49. The zero-order chi connectivity index (χ0) is 20.3. The summed E-state index contributed by atoms with van der Waals surface area (Å²) >= 11 is 0.